The summed E-state index contributed by atoms with van der Waals surface area (Å²) in [6.07, 6.45) is 1.10. The standard InChI is InChI=1S/C13H12FNO2S/c1-18(16,17)15-13-8-4-11(5-9-13)10-2-6-12(14)7-3-10/h2-9,15H,1H3. The van der Waals surface area contributed by atoms with Crippen molar-refractivity contribution in [2.75, 3.05) is 11.0 Å². The van der Waals surface area contributed by atoms with E-state index in [-0.39, 0.29) is 5.82 Å². The number of hydrogen-bond acceptors (Lipinski definition) is 2. The van der Waals surface area contributed by atoms with E-state index in [9.17, 15) is 12.8 Å². The topological polar surface area (TPSA) is 46.2 Å². The molecule has 0 aliphatic rings. The predicted molar refractivity (Wildman–Crippen MR) is 70.3 cm³/mol. The fraction of sp³-hybridized carbons (Fsp3) is 0.0769. The minimum absolute atomic E-state index is 0.283. The summed E-state index contributed by atoms with van der Waals surface area (Å²) >= 11 is 0. The minimum atomic E-state index is -3.26. The van der Waals surface area contributed by atoms with Crippen molar-refractivity contribution in [2.45, 2.75) is 0 Å². The lowest BCUT2D eigenvalue weighted by Gasteiger charge is -2.05. The van der Waals surface area contributed by atoms with Gasteiger partial charge < -0.3 is 0 Å². The molecule has 0 aliphatic carbocycles. The monoisotopic (exact) mass is 265 g/mol. The molecule has 0 saturated heterocycles. The van der Waals surface area contributed by atoms with Gasteiger partial charge in [0.2, 0.25) is 10.0 Å². The average molecular weight is 265 g/mol. The van der Waals surface area contributed by atoms with Gasteiger partial charge in [-0.1, -0.05) is 24.3 Å². The maximum atomic E-state index is 12.8. The van der Waals surface area contributed by atoms with E-state index < -0.39 is 10.0 Å². The zero-order chi connectivity index (χ0) is 13.2. The molecular formula is C13H12FNO2S. The predicted octanol–water partition coefficient (Wildman–Crippen LogP) is 2.86. The molecule has 0 bridgehead atoms. The number of halogens is 1. The molecule has 2 aromatic rings. The third-order valence-electron chi connectivity index (χ3n) is 2.37. The Morgan fingerprint density at radius 1 is 0.889 bits per heavy atom. The van der Waals surface area contributed by atoms with Crippen molar-refractivity contribution in [2.24, 2.45) is 0 Å². The Kier molecular flexibility index (Phi) is 3.34. The Labute approximate surface area is 105 Å². The van der Waals surface area contributed by atoms with E-state index in [1.165, 1.54) is 12.1 Å². The molecule has 0 unspecified atom stereocenters. The van der Waals surface area contributed by atoms with E-state index in [2.05, 4.69) is 4.72 Å². The number of benzene rings is 2. The van der Waals surface area contributed by atoms with Gasteiger partial charge >= 0.3 is 0 Å². The first-order valence-corrected chi connectivity index (χ1v) is 7.17. The SMILES string of the molecule is CS(=O)(=O)Nc1ccc(-c2ccc(F)cc2)cc1. The molecule has 0 aromatic heterocycles. The highest BCUT2D eigenvalue weighted by atomic mass is 32.2. The van der Waals surface area contributed by atoms with Crippen LogP contribution in [0.25, 0.3) is 11.1 Å². The highest BCUT2D eigenvalue weighted by molar-refractivity contribution is 7.92. The molecule has 18 heavy (non-hydrogen) atoms. The molecule has 94 valence electrons. The van der Waals surface area contributed by atoms with Crippen molar-refractivity contribution >= 4 is 15.7 Å². The molecule has 0 amide bonds. The average Bonchev–Trinajstić information content (AvgIpc) is 2.29. The molecule has 2 aromatic carbocycles. The zero-order valence-corrected chi connectivity index (χ0v) is 10.5. The van der Waals surface area contributed by atoms with Gasteiger partial charge in [-0.3, -0.25) is 4.72 Å². The maximum absolute atomic E-state index is 12.8. The van der Waals surface area contributed by atoms with Crippen molar-refractivity contribution < 1.29 is 12.8 Å². The third-order valence-corrected chi connectivity index (χ3v) is 2.97. The molecule has 1 N–H and O–H groups in total. The van der Waals surface area contributed by atoms with Gasteiger partial charge in [0.1, 0.15) is 5.82 Å². The van der Waals surface area contributed by atoms with Crippen molar-refractivity contribution in [3.8, 4) is 11.1 Å². The fourth-order valence-corrected chi connectivity index (χ4v) is 2.15. The molecule has 0 aliphatic heterocycles. The summed E-state index contributed by atoms with van der Waals surface area (Å²) in [6.45, 7) is 0. The Balaban J connectivity index is 2.25. The van der Waals surface area contributed by atoms with Crippen LogP contribution in [0.1, 0.15) is 0 Å². The molecule has 5 heteroatoms. The number of hydrogen-bond donors (Lipinski definition) is 1. The van der Waals surface area contributed by atoms with Crippen LogP contribution in [0.2, 0.25) is 0 Å². The Bertz CT molecular complexity index is 634. The second-order valence-corrected chi connectivity index (χ2v) is 5.71. The van der Waals surface area contributed by atoms with Gasteiger partial charge in [-0.15, -0.1) is 0 Å². The number of nitrogens with one attached hydrogen (secondary N) is 1. The molecule has 0 atom stereocenters. The summed E-state index contributed by atoms with van der Waals surface area (Å²) in [5.74, 6) is -0.283. The number of anilines is 1. The van der Waals surface area contributed by atoms with Crippen LogP contribution < -0.4 is 4.72 Å². The summed E-state index contributed by atoms with van der Waals surface area (Å²) in [7, 11) is -3.26. The van der Waals surface area contributed by atoms with Crippen LogP contribution in [0.15, 0.2) is 48.5 Å². The highest BCUT2D eigenvalue weighted by Crippen LogP contribution is 2.21. The summed E-state index contributed by atoms with van der Waals surface area (Å²) in [5, 5.41) is 0. The van der Waals surface area contributed by atoms with Gasteiger partial charge in [-0.05, 0) is 35.4 Å². The van der Waals surface area contributed by atoms with Crippen LogP contribution in [0.5, 0.6) is 0 Å². The lowest BCUT2D eigenvalue weighted by atomic mass is 10.1. The van der Waals surface area contributed by atoms with Crippen LogP contribution >= 0.6 is 0 Å². The van der Waals surface area contributed by atoms with E-state index in [1.54, 1.807) is 36.4 Å². The van der Waals surface area contributed by atoms with Gasteiger partial charge in [0, 0.05) is 5.69 Å². The molecule has 0 fully saturated rings. The van der Waals surface area contributed by atoms with Gasteiger partial charge in [0.25, 0.3) is 0 Å². The second kappa shape index (κ2) is 4.78. The van der Waals surface area contributed by atoms with Gasteiger partial charge in [0.15, 0.2) is 0 Å². The maximum Gasteiger partial charge on any atom is 0.229 e. The Morgan fingerprint density at radius 2 is 1.33 bits per heavy atom. The summed E-state index contributed by atoms with van der Waals surface area (Å²) in [6, 6.07) is 13.0. The van der Waals surface area contributed by atoms with Crippen molar-refractivity contribution in [3.05, 3.63) is 54.3 Å². The van der Waals surface area contributed by atoms with Gasteiger partial charge in [-0.2, -0.15) is 0 Å². The van der Waals surface area contributed by atoms with E-state index in [4.69, 9.17) is 0 Å². The largest absolute Gasteiger partial charge is 0.284 e. The quantitative estimate of drug-likeness (QED) is 0.927. The van der Waals surface area contributed by atoms with E-state index in [0.717, 1.165) is 17.4 Å². The van der Waals surface area contributed by atoms with Crippen LogP contribution in [0.4, 0.5) is 10.1 Å². The van der Waals surface area contributed by atoms with E-state index >= 15 is 0 Å². The van der Waals surface area contributed by atoms with Crippen LogP contribution in [-0.4, -0.2) is 14.7 Å². The van der Waals surface area contributed by atoms with Gasteiger partial charge in [-0.25, -0.2) is 12.8 Å². The molecule has 0 heterocycles. The molecular weight excluding hydrogens is 253 g/mol. The minimum Gasteiger partial charge on any atom is -0.284 e. The lowest BCUT2D eigenvalue weighted by Crippen LogP contribution is -2.09. The van der Waals surface area contributed by atoms with Crippen molar-refractivity contribution in [1.29, 1.82) is 0 Å². The van der Waals surface area contributed by atoms with Crippen LogP contribution in [-0.2, 0) is 10.0 Å². The first kappa shape index (κ1) is 12.6. The van der Waals surface area contributed by atoms with Crippen molar-refractivity contribution in [1.82, 2.24) is 0 Å². The number of rotatable bonds is 3. The molecule has 0 saturated carbocycles. The van der Waals surface area contributed by atoms with Gasteiger partial charge in [0.05, 0.1) is 6.26 Å². The van der Waals surface area contributed by atoms with E-state index in [1.807, 2.05) is 0 Å². The molecule has 2 rings (SSSR count). The van der Waals surface area contributed by atoms with Crippen molar-refractivity contribution in [3.63, 3.8) is 0 Å². The summed E-state index contributed by atoms with van der Waals surface area (Å²) < 4.78 is 37.2. The first-order valence-electron chi connectivity index (χ1n) is 5.28. The smallest absolute Gasteiger partial charge is 0.229 e. The third kappa shape index (κ3) is 3.30. The summed E-state index contributed by atoms with van der Waals surface area (Å²) in [5.41, 5.74) is 2.28. The number of sulfonamides is 1. The molecule has 0 radical (unpaired) electrons. The molecule has 3 nitrogen and oxygen atoms in total. The highest BCUT2D eigenvalue weighted by Gasteiger charge is 2.02. The summed E-state index contributed by atoms with van der Waals surface area (Å²) in [4.78, 5) is 0. The lowest BCUT2D eigenvalue weighted by molar-refractivity contribution is 0.607. The van der Waals surface area contributed by atoms with Crippen LogP contribution in [0.3, 0.4) is 0 Å². The zero-order valence-electron chi connectivity index (χ0n) is 9.72. The fourth-order valence-electron chi connectivity index (χ4n) is 1.59. The second-order valence-electron chi connectivity index (χ2n) is 3.96. The van der Waals surface area contributed by atoms with E-state index in [0.29, 0.717) is 5.69 Å². The normalized spacial score (nSPS) is 11.2. The van der Waals surface area contributed by atoms with Crippen LogP contribution in [0, 0.1) is 5.82 Å². The molecule has 0 spiro atoms. The Hall–Kier alpha value is -1.88. The first-order chi connectivity index (χ1) is 8.44. The Morgan fingerprint density at radius 3 is 1.78 bits per heavy atom.